The average Bonchev–Trinajstić information content (AvgIpc) is 3.00. The number of allylic oxidation sites excluding steroid dienone is 4. The molecule has 1 aliphatic carbocycles. The van der Waals surface area contributed by atoms with Crippen LogP contribution in [0.2, 0.25) is 0 Å². The number of ether oxygens (including phenoxy) is 1. The van der Waals surface area contributed by atoms with Crippen molar-refractivity contribution in [3.8, 4) is 0 Å². The van der Waals surface area contributed by atoms with E-state index in [1.807, 2.05) is 44.5 Å². The lowest BCUT2D eigenvalue weighted by Crippen LogP contribution is -2.29. The van der Waals surface area contributed by atoms with E-state index < -0.39 is 12.6 Å². The van der Waals surface area contributed by atoms with Crippen molar-refractivity contribution < 1.29 is 32.3 Å². The molecule has 1 aliphatic rings. The highest BCUT2D eigenvalue weighted by Crippen LogP contribution is 2.27. The molecule has 1 amide bonds. The van der Waals surface area contributed by atoms with E-state index in [2.05, 4.69) is 47.3 Å². The number of benzene rings is 1. The molecule has 45 heavy (non-hydrogen) atoms. The maximum atomic E-state index is 11.8. The van der Waals surface area contributed by atoms with Crippen LogP contribution in [0.4, 0.5) is 18.0 Å². The maximum absolute atomic E-state index is 11.8. The third-order valence-electron chi connectivity index (χ3n) is 6.30. The van der Waals surface area contributed by atoms with Crippen molar-refractivity contribution in [2.75, 3.05) is 18.8 Å². The molecule has 5 nitrogen and oxygen atoms in total. The molecule has 1 aromatic carbocycles. The quantitative estimate of drug-likeness (QED) is 0.175. The van der Waals surface area contributed by atoms with Crippen molar-refractivity contribution in [3.05, 3.63) is 71.5 Å². The number of aryl methyl sites for hydroxylation is 1. The number of carbonyl (C=O) groups excluding carboxylic acids is 3. The summed E-state index contributed by atoms with van der Waals surface area (Å²) in [5, 5.41) is 0.255. The molecule has 0 aliphatic heterocycles. The Kier molecular flexibility index (Phi) is 30.9. The van der Waals surface area contributed by atoms with Crippen molar-refractivity contribution in [1.29, 1.82) is 0 Å². The molecule has 0 radical (unpaired) electrons. The van der Waals surface area contributed by atoms with Gasteiger partial charge < -0.3 is 19.2 Å². The van der Waals surface area contributed by atoms with Crippen LogP contribution in [0.3, 0.4) is 0 Å². The van der Waals surface area contributed by atoms with Crippen molar-refractivity contribution in [1.82, 2.24) is 4.90 Å². The molecular weight excluding hydrogens is 599 g/mol. The first kappa shape index (κ1) is 46.6. The Hall–Kier alpha value is -2.81. The summed E-state index contributed by atoms with van der Waals surface area (Å²) in [4.78, 5) is 29.5. The second kappa shape index (κ2) is 29.9. The van der Waals surface area contributed by atoms with Gasteiger partial charge in [-0.2, -0.15) is 13.2 Å². The van der Waals surface area contributed by atoms with Crippen molar-refractivity contribution in [2.45, 2.75) is 112 Å². The highest BCUT2D eigenvalue weighted by atomic mass is 32.2. The summed E-state index contributed by atoms with van der Waals surface area (Å²) >= 11 is 1.45. The third kappa shape index (κ3) is 28.4. The van der Waals surface area contributed by atoms with Gasteiger partial charge in [-0.15, -0.1) is 0 Å². The van der Waals surface area contributed by atoms with E-state index >= 15 is 0 Å². The Balaban J connectivity index is -0.000000561. The fraction of sp³-hybridized carbons (Fsp3) is 0.583. The highest BCUT2D eigenvalue weighted by Gasteiger charge is 2.27. The summed E-state index contributed by atoms with van der Waals surface area (Å²) in [5.41, 5.74) is 2.48. The number of alkyl halides is 3. The molecule has 0 unspecified atom stereocenters. The summed E-state index contributed by atoms with van der Waals surface area (Å²) in [5.74, 6) is 2.62. The smallest absolute Gasteiger partial charge is 0.393 e. The number of halogens is 3. The monoisotopic (exact) mass is 657 g/mol. The number of rotatable bonds is 11. The van der Waals surface area contributed by atoms with Gasteiger partial charge in [0, 0.05) is 18.8 Å². The second-order valence-corrected chi connectivity index (χ2v) is 11.8. The van der Waals surface area contributed by atoms with Gasteiger partial charge in [0.05, 0.1) is 12.5 Å². The molecule has 0 saturated heterocycles. The largest absolute Gasteiger partial charge is 0.491 e. The number of thioether (sulfide) groups is 1. The van der Waals surface area contributed by atoms with Gasteiger partial charge in [-0.05, 0) is 88.8 Å². The minimum absolute atomic E-state index is 0.255. The second-order valence-electron chi connectivity index (χ2n) is 10.7. The topological polar surface area (TPSA) is 63.7 Å². The Morgan fingerprint density at radius 3 is 1.91 bits per heavy atom. The number of carbonyl (C=O) groups is 3. The van der Waals surface area contributed by atoms with Crippen LogP contribution in [-0.2, 0) is 20.7 Å². The molecule has 0 atom stereocenters. The highest BCUT2D eigenvalue weighted by molar-refractivity contribution is 8.13. The van der Waals surface area contributed by atoms with Crippen LogP contribution >= 0.6 is 11.8 Å². The van der Waals surface area contributed by atoms with Gasteiger partial charge in [0.2, 0.25) is 0 Å². The molecule has 9 heteroatoms. The first-order valence-electron chi connectivity index (χ1n) is 15.6. The van der Waals surface area contributed by atoms with E-state index in [9.17, 15) is 18.0 Å². The summed E-state index contributed by atoms with van der Waals surface area (Å²) < 4.78 is 41.4. The van der Waals surface area contributed by atoms with E-state index in [1.165, 1.54) is 55.2 Å². The van der Waals surface area contributed by atoms with E-state index in [4.69, 9.17) is 14.3 Å². The zero-order valence-electron chi connectivity index (χ0n) is 28.7. The molecule has 1 fully saturated rings. The van der Waals surface area contributed by atoms with Gasteiger partial charge in [0.15, 0.2) is 0 Å². The van der Waals surface area contributed by atoms with Crippen molar-refractivity contribution in [3.63, 3.8) is 0 Å². The molecule has 0 bridgehead atoms. The molecule has 0 N–H and O–H groups in total. The zero-order valence-corrected chi connectivity index (χ0v) is 29.5. The molecule has 0 aromatic heterocycles. The molecule has 1 saturated carbocycles. The van der Waals surface area contributed by atoms with Crippen molar-refractivity contribution in [2.24, 2.45) is 5.92 Å². The number of hydrogen-bond donors (Lipinski definition) is 0. The number of nitrogens with zero attached hydrogens (tertiary/aromatic N) is 1. The van der Waals surface area contributed by atoms with E-state index in [0.29, 0.717) is 11.7 Å². The van der Waals surface area contributed by atoms with Gasteiger partial charge in [-0.25, -0.2) is 0 Å². The predicted molar refractivity (Wildman–Crippen MR) is 186 cm³/mol. The summed E-state index contributed by atoms with van der Waals surface area (Å²) in [7, 11) is 0. The van der Waals surface area contributed by atoms with Crippen LogP contribution in [-0.4, -0.2) is 54.8 Å². The summed E-state index contributed by atoms with van der Waals surface area (Å²) in [6.45, 7) is 24.3. The van der Waals surface area contributed by atoms with Gasteiger partial charge in [-0.1, -0.05) is 88.0 Å². The van der Waals surface area contributed by atoms with Crippen LogP contribution in [0, 0.1) is 12.8 Å². The van der Waals surface area contributed by atoms with E-state index in [1.54, 1.807) is 12.1 Å². The maximum Gasteiger partial charge on any atom is 0.393 e. The average molecular weight is 658 g/mol. The van der Waals surface area contributed by atoms with Crippen LogP contribution in [0.25, 0.3) is 0 Å². The van der Waals surface area contributed by atoms with Gasteiger partial charge >= 0.3 is 6.18 Å². The molecule has 0 heterocycles. The SMILES string of the molecule is C=C(/C=C(C)\C=C/C)OC1CCC(C)CC1.C=O.C=O.CCCSC(=O)N(CCC)CCC.Cc1ccc(CC(F)(F)F)cc1. The first-order valence-corrected chi connectivity index (χ1v) is 16.6. The Morgan fingerprint density at radius 2 is 1.49 bits per heavy atom. The first-order chi connectivity index (χ1) is 21.3. The predicted octanol–water partition coefficient (Wildman–Crippen LogP) is 10.7. The van der Waals surface area contributed by atoms with Crippen LogP contribution in [0.5, 0.6) is 0 Å². The fourth-order valence-corrected chi connectivity index (χ4v) is 4.96. The van der Waals surface area contributed by atoms with Crippen LogP contribution in [0.1, 0.15) is 97.6 Å². The molecule has 258 valence electrons. The number of amides is 1. The summed E-state index contributed by atoms with van der Waals surface area (Å²) in [6, 6.07) is 6.37. The fourth-order valence-electron chi connectivity index (χ4n) is 4.21. The Morgan fingerprint density at radius 1 is 0.978 bits per heavy atom. The molecule has 1 aromatic rings. The van der Waals surface area contributed by atoms with Gasteiger partial charge in [0.25, 0.3) is 5.24 Å². The molecular formula is C36H58F3NO4S. The van der Waals surface area contributed by atoms with Crippen LogP contribution in [0.15, 0.2) is 60.4 Å². The summed E-state index contributed by atoms with van der Waals surface area (Å²) in [6.07, 6.45) is 9.66. The lowest BCUT2D eigenvalue weighted by Gasteiger charge is -2.27. The Bertz CT molecular complexity index is 933. The molecule has 2 rings (SSSR count). The van der Waals surface area contributed by atoms with Crippen molar-refractivity contribution >= 4 is 30.6 Å². The van der Waals surface area contributed by atoms with Gasteiger partial charge in [-0.3, -0.25) is 4.79 Å². The third-order valence-corrected chi connectivity index (χ3v) is 7.42. The van der Waals surface area contributed by atoms with Gasteiger partial charge in [0.1, 0.15) is 19.3 Å². The Labute approximate surface area is 275 Å². The number of hydrogen-bond acceptors (Lipinski definition) is 5. The van der Waals surface area contributed by atoms with E-state index in [0.717, 1.165) is 55.3 Å². The minimum atomic E-state index is -4.10. The lowest BCUT2D eigenvalue weighted by molar-refractivity contribution is -0.127. The zero-order chi connectivity index (χ0) is 35.3. The van der Waals surface area contributed by atoms with Crippen LogP contribution < -0.4 is 0 Å². The van der Waals surface area contributed by atoms with E-state index in [-0.39, 0.29) is 5.24 Å². The lowest BCUT2D eigenvalue weighted by atomic mass is 9.89. The normalized spacial score (nSPS) is 15.8. The standard InChI is InChI=1S/C15H24O.C10H21NOS.C9H9F3.2CH2O/c1-5-6-13(3)11-14(4)16-15-9-7-12(2)8-10-15;1-4-7-11(8-5-2)10(12)13-9-6-3;1-7-2-4-8(5-3-7)6-9(10,11)12;2*1-2/h5-6,11-12,15H,4,7-10H2,1-3H3;4-9H2,1-3H3;2-5H,6H2,1H3;2*1H2/b6-5-,13-11-;;;;. The molecule has 0 spiro atoms. The minimum Gasteiger partial charge on any atom is -0.491 e.